The second-order valence-corrected chi connectivity index (χ2v) is 2.16. The normalized spacial score (nSPS) is 9.50. The summed E-state index contributed by atoms with van der Waals surface area (Å²) >= 11 is 5.41. The Balaban J connectivity index is 3.10. The molecule has 5 nitrogen and oxygen atoms in total. The highest BCUT2D eigenvalue weighted by molar-refractivity contribution is 6.35. The minimum absolute atomic E-state index is 0.0999. The lowest BCUT2D eigenvalue weighted by Gasteiger charge is -1.87. The van der Waals surface area contributed by atoms with E-state index in [9.17, 15) is 14.1 Å². The van der Waals surface area contributed by atoms with E-state index in [1.165, 1.54) is 0 Å². The summed E-state index contributed by atoms with van der Waals surface area (Å²) in [7, 11) is 0. The molecular weight excluding hydrogens is 191 g/mol. The Kier molecular flexibility index (Phi) is 2.39. The zero-order valence-electron chi connectivity index (χ0n) is 5.51. The van der Waals surface area contributed by atoms with E-state index in [0.717, 1.165) is 0 Å². The van der Waals surface area contributed by atoms with Crippen molar-refractivity contribution in [2.24, 2.45) is 0 Å². The zero-order chi connectivity index (χ0) is 9.14. The SMILES string of the molecule is O=Cc1[nH]nc(C(=O)OF)c1Cl. The Morgan fingerprint density at radius 2 is 2.42 bits per heavy atom. The predicted octanol–water partition coefficient (Wildman–Crippen LogP) is 0.917. The van der Waals surface area contributed by atoms with Crippen molar-refractivity contribution in [3.05, 3.63) is 16.4 Å². The van der Waals surface area contributed by atoms with Crippen LogP contribution >= 0.6 is 11.6 Å². The molecule has 0 fully saturated rings. The molecule has 1 rings (SSSR count). The number of hydrogen-bond acceptors (Lipinski definition) is 4. The fourth-order valence-electron chi connectivity index (χ4n) is 0.592. The molecule has 0 radical (unpaired) electrons. The number of nitrogens with zero attached hydrogens (tertiary/aromatic N) is 1. The monoisotopic (exact) mass is 192 g/mol. The summed E-state index contributed by atoms with van der Waals surface area (Å²) in [5.74, 6) is -1.34. The molecule has 7 heteroatoms. The number of carbonyl (C=O) groups is 2. The first-order valence-electron chi connectivity index (χ1n) is 2.72. The molecule has 0 amide bonds. The minimum Gasteiger partial charge on any atom is -0.296 e. The van der Waals surface area contributed by atoms with Gasteiger partial charge >= 0.3 is 5.97 Å². The van der Waals surface area contributed by atoms with Gasteiger partial charge in [0.1, 0.15) is 10.7 Å². The van der Waals surface area contributed by atoms with Crippen molar-refractivity contribution in [2.45, 2.75) is 0 Å². The van der Waals surface area contributed by atoms with Crippen LogP contribution in [-0.2, 0) is 4.94 Å². The first kappa shape index (κ1) is 8.66. The number of H-pyrrole nitrogens is 1. The van der Waals surface area contributed by atoms with E-state index in [1.807, 2.05) is 0 Å². The molecule has 1 aromatic rings. The van der Waals surface area contributed by atoms with Gasteiger partial charge in [-0.2, -0.15) is 5.10 Å². The third-order valence-electron chi connectivity index (χ3n) is 1.11. The summed E-state index contributed by atoms with van der Waals surface area (Å²) in [6.45, 7) is 0. The Morgan fingerprint density at radius 3 is 2.83 bits per heavy atom. The number of halogens is 2. The van der Waals surface area contributed by atoms with Crippen molar-refractivity contribution in [2.75, 3.05) is 0 Å². The maximum Gasteiger partial charge on any atom is 0.401 e. The Morgan fingerprint density at radius 1 is 1.75 bits per heavy atom. The van der Waals surface area contributed by atoms with E-state index in [2.05, 4.69) is 15.1 Å². The lowest BCUT2D eigenvalue weighted by atomic mass is 10.4. The summed E-state index contributed by atoms with van der Waals surface area (Å²) in [5, 5.41) is 5.12. The van der Waals surface area contributed by atoms with Crippen LogP contribution in [0.1, 0.15) is 21.0 Å². The summed E-state index contributed by atoms with van der Waals surface area (Å²) < 4.78 is 11.3. The fourth-order valence-corrected chi connectivity index (χ4v) is 0.798. The summed E-state index contributed by atoms with van der Waals surface area (Å²) in [6, 6.07) is 0. The van der Waals surface area contributed by atoms with Gasteiger partial charge < -0.3 is 0 Å². The van der Waals surface area contributed by atoms with Crippen LogP contribution in [-0.4, -0.2) is 22.5 Å². The molecule has 1 N–H and O–H groups in total. The molecule has 0 saturated heterocycles. The van der Waals surface area contributed by atoms with E-state index in [-0.39, 0.29) is 10.7 Å². The molecule has 0 saturated carbocycles. The molecule has 0 atom stereocenters. The maximum atomic E-state index is 11.3. The van der Waals surface area contributed by atoms with E-state index in [4.69, 9.17) is 11.6 Å². The van der Waals surface area contributed by atoms with Crippen LogP contribution in [0.5, 0.6) is 0 Å². The standard InChI is InChI=1S/C5H2ClFN2O3/c6-3-2(1-10)8-9-4(3)5(11)12-7/h1H,(H,8,9). The third-order valence-corrected chi connectivity index (χ3v) is 1.50. The average molecular weight is 193 g/mol. The summed E-state index contributed by atoms with van der Waals surface area (Å²) in [6.07, 6.45) is 0.352. The smallest absolute Gasteiger partial charge is 0.296 e. The highest BCUT2D eigenvalue weighted by atomic mass is 35.5. The number of nitrogens with one attached hydrogen (secondary N) is 1. The molecule has 1 heterocycles. The summed E-state index contributed by atoms with van der Waals surface area (Å²) in [5.41, 5.74) is -0.557. The number of hydrogen-bond donors (Lipinski definition) is 1. The third kappa shape index (κ3) is 1.28. The molecule has 0 bridgehead atoms. The molecular formula is C5H2ClFN2O3. The maximum absolute atomic E-state index is 11.3. The highest BCUT2D eigenvalue weighted by Gasteiger charge is 2.19. The van der Waals surface area contributed by atoms with E-state index >= 15 is 0 Å². The lowest BCUT2D eigenvalue weighted by Crippen LogP contribution is -1.99. The van der Waals surface area contributed by atoms with Gasteiger partial charge in [0.2, 0.25) is 0 Å². The molecule has 0 aliphatic carbocycles. The van der Waals surface area contributed by atoms with E-state index < -0.39 is 11.7 Å². The van der Waals surface area contributed by atoms with Crippen molar-refractivity contribution in [3.8, 4) is 0 Å². The average Bonchev–Trinajstić information content (AvgIpc) is 2.45. The van der Waals surface area contributed by atoms with Crippen molar-refractivity contribution in [3.63, 3.8) is 0 Å². The van der Waals surface area contributed by atoms with Crippen LogP contribution < -0.4 is 0 Å². The van der Waals surface area contributed by atoms with Crippen LogP contribution in [0.3, 0.4) is 0 Å². The van der Waals surface area contributed by atoms with Gasteiger partial charge in [-0.3, -0.25) is 9.89 Å². The number of aromatic nitrogens is 2. The number of rotatable bonds is 2. The van der Waals surface area contributed by atoms with Gasteiger partial charge in [-0.15, -0.1) is 0 Å². The van der Waals surface area contributed by atoms with Gasteiger partial charge in [-0.25, -0.2) is 9.74 Å². The lowest BCUT2D eigenvalue weighted by molar-refractivity contribution is -0.0793. The van der Waals surface area contributed by atoms with Crippen LogP contribution in [0.4, 0.5) is 4.53 Å². The summed E-state index contributed by atoms with van der Waals surface area (Å²) in [4.78, 5) is 23.5. The molecule has 0 aromatic carbocycles. The molecule has 0 aliphatic heterocycles. The van der Waals surface area contributed by atoms with Crippen LogP contribution in [0.15, 0.2) is 0 Å². The van der Waals surface area contributed by atoms with Gasteiger partial charge in [0.15, 0.2) is 12.0 Å². The molecule has 12 heavy (non-hydrogen) atoms. The van der Waals surface area contributed by atoms with Gasteiger partial charge in [0.05, 0.1) is 0 Å². The van der Waals surface area contributed by atoms with Crippen molar-refractivity contribution in [1.29, 1.82) is 0 Å². The number of aldehydes is 1. The largest absolute Gasteiger partial charge is 0.401 e. The Hall–Kier alpha value is -1.43. The molecule has 64 valence electrons. The number of carbonyl (C=O) groups excluding carboxylic acids is 2. The molecule has 1 aromatic heterocycles. The van der Waals surface area contributed by atoms with Crippen LogP contribution in [0, 0.1) is 0 Å². The van der Waals surface area contributed by atoms with Gasteiger partial charge in [-0.1, -0.05) is 11.6 Å². The van der Waals surface area contributed by atoms with Crippen molar-refractivity contribution < 1.29 is 19.1 Å². The molecule has 0 aliphatic rings. The second-order valence-electron chi connectivity index (χ2n) is 1.78. The molecule has 0 unspecified atom stereocenters. The number of aromatic amines is 1. The van der Waals surface area contributed by atoms with Gasteiger partial charge in [0, 0.05) is 4.53 Å². The van der Waals surface area contributed by atoms with Crippen LogP contribution in [0.25, 0.3) is 0 Å². The van der Waals surface area contributed by atoms with Crippen molar-refractivity contribution >= 4 is 23.9 Å². The first-order valence-corrected chi connectivity index (χ1v) is 3.10. The predicted molar refractivity (Wildman–Crippen MR) is 35.5 cm³/mol. The highest BCUT2D eigenvalue weighted by Crippen LogP contribution is 2.17. The zero-order valence-corrected chi connectivity index (χ0v) is 6.26. The Bertz CT molecular complexity index is 324. The Labute approximate surface area is 70.4 Å². The molecule has 0 spiro atoms. The van der Waals surface area contributed by atoms with Gasteiger partial charge in [0.25, 0.3) is 0 Å². The van der Waals surface area contributed by atoms with Gasteiger partial charge in [-0.05, 0) is 0 Å². The first-order chi connectivity index (χ1) is 5.70. The minimum atomic E-state index is -1.34. The van der Waals surface area contributed by atoms with E-state index in [0.29, 0.717) is 6.29 Å². The van der Waals surface area contributed by atoms with Crippen molar-refractivity contribution in [1.82, 2.24) is 10.2 Å². The van der Waals surface area contributed by atoms with E-state index in [1.54, 1.807) is 0 Å². The quantitative estimate of drug-likeness (QED) is 0.707. The topological polar surface area (TPSA) is 72.0 Å². The van der Waals surface area contributed by atoms with Crippen LogP contribution in [0.2, 0.25) is 5.02 Å². The fraction of sp³-hybridized carbons (Fsp3) is 0. The second kappa shape index (κ2) is 3.31.